The van der Waals surface area contributed by atoms with E-state index in [0.29, 0.717) is 23.6 Å². The van der Waals surface area contributed by atoms with Crippen molar-refractivity contribution in [3.63, 3.8) is 0 Å². The number of hydrogen-bond acceptors (Lipinski definition) is 6. The summed E-state index contributed by atoms with van der Waals surface area (Å²) in [4.78, 5) is 12.3. The van der Waals surface area contributed by atoms with Crippen molar-refractivity contribution in [1.82, 2.24) is 15.5 Å². The number of aromatic nitrogens is 2. The van der Waals surface area contributed by atoms with Gasteiger partial charge in [-0.3, -0.25) is 4.79 Å². The third-order valence-electron chi connectivity index (χ3n) is 5.17. The van der Waals surface area contributed by atoms with Crippen LogP contribution in [0.25, 0.3) is 0 Å². The van der Waals surface area contributed by atoms with Crippen LogP contribution in [-0.4, -0.2) is 27.9 Å². The Labute approximate surface area is 163 Å². The molecule has 0 aliphatic heterocycles. The summed E-state index contributed by atoms with van der Waals surface area (Å²) in [5, 5.41) is 15.6. The molecule has 7 heteroatoms. The van der Waals surface area contributed by atoms with Crippen LogP contribution in [0.2, 0.25) is 0 Å². The van der Waals surface area contributed by atoms with E-state index in [9.17, 15) is 4.79 Å². The van der Waals surface area contributed by atoms with Crippen molar-refractivity contribution in [2.75, 3.05) is 11.1 Å². The molecule has 1 amide bonds. The Morgan fingerprint density at radius 2 is 2.08 bits per heavy atom. The van der Waals surface area contributed by atoms with Crippen molar-refractivity contribution in [3.8, 4) is 0 Å². The normalized spacial score (nSPS) is 22.8. The fraction of sp³-hybridized carbons (Fsp3) is 0.526. The van der Waals surface area contributed by atoms with Crippen molar-refractivity contribution >= 4 is 39.8 Å². The summed E-state index contributed by atoms with van der Waals surface area (Å²) in [5.41, 5.74) is 2.19. The molecule has 1 aliphatic carbocycles. The minimum absolute atomic E-state index is 0.0876. The van der Waals surface area contributed by atoms with Gasteiger partial charge in [-0.05, 0) is 36.8 Å². The van der Waals surface area contributed by atoms with Gasteiger partial charge in [0.15, 0.2) is 4.34 Å². The van der Waals surface area contributed by atoms with Crippen molar-refractivity contribution < 1.29 is 4.79 Å². The van der Waals surface area contributed by atoms with Crippen LogP contribution in [-0.2, 0) is 4.79 Å². The van der Waals surface area contributed by atoms with Gasteiger partial charge in [-0.1, -0.05) is 68.0 Å². The summed E-state index contributed by atoms with van der Waals surface area (Å²) in [5.74, 6) is 1.70. The zero-order valence-electron chi connectivity index (χ0n) is 15.5. The molecule has 1 heterocycles. The second-order valence-corrected chi connectivity index (χ2v) is 9.24. The minimum Gasteiger partial charge on any atom is -0.352 e. The number of carbonyl (C=O) groups is 1. The van der Waals surface area contributed by atoms with E-state index in [1.807, 2.05) is 18.2 Å². The molecule has 1 fully saturated rings. The predicted octanol–water partition coefficient (Wildman–Crippen LogP) is 4.62. The summed E-state index contributed by atoms with van der Waals surface area (Å²) in [6.07, 6.45) is 3.56. The summed E-state index contributed by atoms with van der Waals surface area (Å²) < 4.78 is 0.807. The van der Waals surface area contributed by atoms with Gasteiger partial charge < -0.3 is 10.6 Å². The monoisotopic (exact) mass is 390 g/mol. The molecule has 3 rings (SSSR count). The number of amides is 1. The maximum Gasteiger partial charge on any atom is 0.230 e. The molecule has 140 valence electrons. The van der Waals surface area contributed by atoms with Crippen LogP contribution in [0.15, 0.2) is 28.6 Å². The molecular weight excluding hydrogens is 364 g/mol. The van der Waals surface area contributed by atoms with Gasteiger partial charge in [0.25, 0.3) is 0 Å². The molecule has 0 unspecified atom stereocenters. The topological polar surface area (TPSA) is 66.9 Å². The molecule has 26 heavy (non-hydrogen) atoms. The first-order valence-electron chi connectivity index (χ1n) is 9.11. The summed E-state index contributed by atoms with van der Waals surface area (Å²) in [7, 11) is 0. The third-order valence-corrected chi connectivity index (χ3v) is 7.15. The number of aryl methyl sites for hydroxylation is 1. The maximum absolute atomic E-state index is 12.3. The van der Waals surface area contributed by atoms with E-state index < -0.39 is 0 Å². The quantitative estimate of drug-likeness (QED) is 0.704. The summed E-state index contributed by atoms with van der Waals surface area (Å²) >= 11 is 2.92. The number of anilines is 2. The molecule has 0 radical (unpaired) electrons. The van der Waals surface area contributed by atoms with Gasteiger partial charge in [0.2, 0.25) is 11.0 Å². The Balaban J connectivity index is 1.48. The average molecular weight is 391 g/mol. The molecule has 0 saturated heterocycles. The highest BCUT2D eigenvalue weighted by molar-refractivity contribution is 8.01. The van der Waals surface area contributed by atoms with Crippen molar-refractivity contribution in [3.05, 3.63) is 29.8 Å². The van der Waals surface area contributed by atoms with Gasteiger partial charge in [0.05, 0.1) is 5.75 Å². The lowest BCUT2D eigenvalue weighted by Gasteiger charge is -2.34. The van der Waals surface area contributed by atoms with E-state index in [-0.39, 0.29) is 5.91 Å². The smallest absolute Gasteiger partial charge is 0.230 e. The molecule has 1 aliphatic rings. The fourth-order valence-corrected chi connectivity index (χ4v) is 4.88. The average Bonchev–Trinajstić information content (AvgIpc) is 3.07. The largest absolute Gasteiger partial charge is 0.352 e. The summed E-state index contributed by atoms with van der Waals surface area (Å²) in [6.45, 7) is 6.58. The molecule has 1 saturated carbocycles. The molecule has 0 bridgehead atoms. The number of nitrogens with zero attached hydrogens (tertiary/aromatic N) is 2. The maximum atomic E-state index is 12.3. The van der Waals surface area contributed by atoms with Crippen molar-refractivity contribution in [1.29, 1.82) is 0 Å². The lowest BCUT2D eigenvalue weighted by Crippen LogP contribution is -2.44. The molecular formula is C19H26N4OS2. The molecule has 1 aromatic heterocycles. The van der Waals surface area contributed by atoms with Gasteiger partial charge in [0.1, 0.15) is 0 Å². The van der Waals surface area contributed by atoms with E-state index in [2.05, 4.69) is 47.7 Å². The Hall–Kier alpha value is -1.60. The van der Waals surface area contributed by atoms with Gasteiger partial charge in [0, 0.05) is 11.7 Å². The lowest BCUT2D eigenvalue weighted by molar-refractivity contribution is -0.119. The number of nitrogens with one attached hydrogen (secondary N) is 2. The Morgan fingerprint density at radius 1 is 1.27 bits per heavy atom. The Kier molecular flexibility index (Phi) is 6.53. The van der Waals surface area contributed by atoms with Crippen molar-refractivity contribution in [2.24, 2.45) is 11.8 Å². The van der Waals surface area contributed by atoms with Crippen LogP contribution >= 0.6 is 23.1 Å². The highest BCUT2D eigenvalue weighted by Crippen LogP contribution is 2.31. The number of carbonyl (C=O) groups excluding carboxylic acids is 1. The molecule has 5 nitrogen and oxygen atoms in total. The fourth-order valence-electron chi connectivity index (χ4n) is 3.31. The lowest BCUT2D eigenvalue weighted by atomic mass is 9.78. The number of para-hydroxylation sites is 1. The second kappa shape index (κ2) is 8.86. The van der Waals surface area contributed by atoms with Crippen LogP contribution in [0.1, 0.15) is 38.7 Å². The highest BCUT2D eigenvalue weighted by Gasteiger charge is 2.28. The predicted molar refractivity (Wildman–Crippen MR) is 109 cm³/mol. The molecule has 1 aromatic carbocycles. The number of hydrogen-bond donors (Lipinski definition) is 2. The second-order valence-electron chi connectivity index (χ2n) is 7.04. The number of thioether (sulfide) groups is 1. The van der Waals surface area contributed by atoms with Crippen LogP contribution in [0.5, 0.6) is 0 Å². The van der Waals surface area contributed by atoms with E-state index >= 15 is 0 Å². The van der Waals surface area contributed by atoms with Crippen molar-refractivity contribution in [2.45, 2.75) is 50.4 Å². The van der Waals surface area contributed by atoms with Crippen LogP contribution in [0.3, 0.4) is 0 Å². The first-order chi connectivity index (χ1) is 12.5. The van der Waals surface area contributed by atoms with Gasteiger partial charge in [-0.2, -0.15) is 0 Å². The molecule has 0 spiro atoms. The highest BCUT2D eigenvalue weighted by atomic mass is 32.2. The standard InChI is InChI=1S/C19H26N4OS2/c1-12-8-6-10-16(14(12)3)20-17(24)11-25-19-23-22-18(26-19)21-15-9-5-4-7-13(15)2/h4-5,7,9,12,14,16H,6,8,10-11H2,1-3H3,(H,20,24)(H,21,22)/t12-,14-,16-/m1/s1. The Morgan fingerprint density at radius 3 is 2.88 bits per heavy atom. The van der Waals surface area contributed by atoms with E-state index in [4.69, 9.17) is 0 Å². The SMILES string of the molecule is Cc1ccccc1Nc1nnc(SCC(=O)N[C@@H]2CCC[C@@H](C)[C@H]2C)s1. The zero-order chi connectivity index (χ0) is 18.5. The van der Waals surface area contributed by atoms with Gasteiger partial charge >= 0.3 is 0 Å². The van der Waals surface area contributed by atoms with E-state index in [0.717, 1.165) is 27.1 Å². The minimum atomic E-state index is 0.0876. The first kappa shape index (κ1) is 19.2. The van der Waals surface area contributed by atoms with Crippen LogP contribution in [0, 0.1) is 18.8 Å². The van der Waals surface area contributed by atoms with Gasteiger partial charge in [-0.25, -0.2) is 0 Å². The Bertz CT molecular complexity index is 749. The molecule has 2 aromatic rings. The van der Waals surface area contributed by atoms with E-state index in [1.54, 1.807) is 0 Å². The zero-order valence-corrected chi connectivity index (χ0v) is 17.1. The number of rotatable bonds is 6. The van der Waals surface area contributed by atoms with E-state index in [1.165, 1.54) is 35.9 Å². The van der Waals surface area contributed by atoms with Crippen LogP contribution < -0.4 is 10.6 Å². The first-order valence-corrected chi connectivity index (χ1v) is 10.9. The van der Waals surface area contributed by atoms with Crippen LogP contribution in [0.4, 0.5) is 10.8 Å². The third kappa shape index (κ3) is 4.98. The molecule has 2 N–H and O–H groups in total. The van der Waals surface area contributed by atoms with Gasteiger partial charge in [-0.15, -0.1) is 10.2 Å². The number of benzene rings is 1. The summed E-state index contributed by atoms with van der Waals surface area (Å²) in [6, 6.07) is 8.37. The molecule has 3 atom stereocenters.